The van der Waals surface area contributed by atoms with Gasteiger partial charge in [0.25, 0.3) is 0 Å². The van der Waals surface area contributed by atoms with Crippen LogP contribution in [0.1, 0.15) is 30.7 Å². The van der Waals surface area contributed by atoms with Crippen molar-refractivity contribution in [3.63, 3.8) is 0 Å². The van der Waals surface area contributed by atoms with Crippen LogP contribution in [0.25, 0.3) is 0 Å². The highest BCUT2D eigenvalue weighted by atomic mass is 32.2. The summed E-state index contributed by atoms with van der Waals surface area (Å²) in [4.78, 5) is 18.1. The minimum atomic E-state index is 0.0352. The maximum Gasteiger partial charge on any atom is 0.317 e. The van der Waals surface area contributed by atoms with Crippen molar-refractivity contribution in [3.8, 4) is 0 Å². The van der Waals surface area contributed by atoms with Gasteiger partial charge >= 0.3 is 6.03 Å². The maximum atomic E-state index is 12.1. The molecule has 0 unspecified atom stereocenters. The molecule has 1 aliphatic heterocycles. The maximum absolute atomic E-state index is 12.1. The van der Waals surface area contributed by atoms with Gasteiger partial charge in [0.05, 0.1) is 0 Å². The SMILES string of the molecule is Cn1c(CCNC(=O)N2CCCCC2)nnc1SCc1cccnc1. The number of nitrogens with one attached hydrogen (secondary N) is 1. The van der Waals surface area contributed by atoms with E-state index >= 15 is 0 Å². The molecule has 2 aromatic heterocycles. The zero-order valence-electron chi connectivity index (χ0n) is 14.5. The van der Waals surface area contributed by atoms with Crippen LogP contribution in [0, 0.1) is 0 Å². The molecule has 0 saturated carbocycles. The van der Waals surface area contributed by atoms with Crippen molar-refractivity contribution in [2.24, 2.45) is 7.05 Å². The third-order valence-electron chi connectivity index (χ3n) is 4.28. The van der Waals surface area contributed by atoms with Crippen LogP contribution < -0.4 is 5.32 Å². The van der Waals surface area contributed by atoms with Crippen molar-refractivity contribution in [1.29, 1.82) is 0 Å². The van der Waals surface area contributed by atoms with Crippen molar-refractivity contribution in [1.82, 2.24) is 30.0 Å². The molecule has 25 heavy (non-hydrogen) atoms. The van der Waals surface area contributed by atoms with E-state index in [1.807, 2.05) is 34.8 Å². The third-order valence-corrected chi connectivity index (χ3v) is 5.38. The van der Waals surface area contributed by atoms with Gasteiger partial charge in [-0.3, -0.25) is 4.98 Å². The summed E-state index contributed by atoms with van der Waals surface area (Å²) in [5.74, 6) is 1.69. The number of carbonyl (C=O) groups excluding carboxylic acids is 1. The van der Waals surface area contributed by atoms with Gasteiger partial charge in [-0.15, -0.1) is 10.2 Å². The number of amides is 2. The molecule has 0 bridgehead atoms. The fourth-order valence-corrected chi connectivity index (χ4v) is 3.67. The standard InChI is InChI=1S/C17H24N6OS/c1-22-15(7-9-19-16(24)23-10-3-2-4-11-23)20-21-17(22)25-13-14-6-5-8-18-12-14/h5-6,8,12H,2-4,7,9-11,13H2,1H3,(H,19,24). The lowest BCUT2D eigenvalue weighted by molar-refractivity contribution is 0.186. The average molecular weight is 360 g/mol. The molecule has 0 atom stereocenters. The number of aromatic nitrogens is 4. The van der Waals surface area contributed by atoms with Gasteiger partial charge in [-0.25, -0.2) is 4.79 Å². The number of likely N-dealkylation sites (tertiary alicyclic amines) is 1. The molecule has 0 aromatic carbocycles. The summed E-state index contributed by atoms with van der Waals surface area (Å²) in [6.07, 6.45) is 7.74. The fourth-order valence-electron chi connectivity index (χ4n) is 2.81. The summed E-state index contributed by atoms with van der Waals surface area (Å²) in [7, 11) is 1.97. The summed E-state index contributed by atoms with van der Waals surface area (Å²) in [6, 6.07) is 4.02. The first-order chi connectivity index (χ1) is 12.2. The molecule has 1 aliphatic rings. The van der Waals surface area contributed by atoms with Crippen molar-refractivity contribution >= 4 is 17.8 Å². The Balaban J connectivity index is 1.45. The normalized spacial score (nSPS) is 14.5. The van der Waals surface area contributed by atoms with Crippen LogP contribution in [0.2, 0.25) is 0 Å². The second kappa shape index (κ2) is 8.84. The Morgan fingerprint density at radius 1 is 1.28 bits per heavy atom. The second-order valence-corrected chi connectivity index (χ2v) is 7.08. The molecule has 0 spiro atoms. The number of hydrogen-bond acceptors (Lipinski definition) is 5. The van der Waals surface area contributed by atoms with Gasteiger partial charge in [-0.1, -0.05) is 17.8 Å². The molecule has 0 aliphatic carbocycles. The predicted octanol–water partition coefficient (Wildman–Crippen LogP) is 2.24. The van der Waals surface area contributed by atoms with Crippen LogP contribution in [-0.4, -0.2) is 50.3 Å². The number of pyridine rings is 1. The van der Waals surface area contributed by atoms with E-state index in [1.165, 1.54) is 6.42 Å². The molecule has 134 valence electrons. The first-order valence-electron chi connectivity index (χ1n) is 8.67. The van der Waals surface area contributed by atoms with Crippen LogP contribution in [0.15, 0.2) is 29.7 Å². The van der Waals surface area contributed by atoms with Crippen molar-refractivity contribution in [2.75, 3.05) is 19.6 Å². The highest BCUT2D eigenvalue weighted by Crippen LogP contribution is 2.20. The van der Waals surface area contributed by atoms with Crippen LogP contribution in [0.4, 0.5) is 4.79 Å². The average Bonchev–Trinajstić information content (AvgIpc) is 3.01. The quantitative estimate of drug-likeness (QED) is 0.800. The van der Waals surface area contributed by atoms with Gasteiger partial charge in [0, 0.05) is 51.2 Å². The largest absolute Gasteiger partial charge is 0.338 e. The number of hydrogen-bond donors (Lipinski definition) is 1. The predicted molar refractivity (Wildman–Crippen MR) is 97.3 cm³/mol. The Bertz CT molecular complexity index is 684. The van der Waals surface area contributed by atoms with E-state index in [0.717, 1.165) is 48.2 Å². The summed E-state index contributed by atoms with van der Waals surface area (Å²) >= 11 is 1.64. The topological polar surface area (TPSA) is 75.9 Å². The summed E-state index contributed by atoms with van der Waals surface area (Å²) in [5.41, 5.74) is 1.16. The summed E-state index contributed by atoms with van der Waals surface area (Å²) in [5, 5.41) is 12.4. The van der Waals surface area contributed by atoms with Gasteiger partial charge in [-0.2, -0.15) is 0 Å². The number of urea groups is 1. The van der Waals surface area contributed by atoms with E-state index in [9.17, 15) is 4.79 Å². The molecule has 2 aromatic rings. The molecular formula is C17H24N6OS. The number of thioether (sulfide) groups is 1. The fraction of sp³-hybridized carbons (Fsp3) is 0.529. The Hall–Kier alpha value is -2.09. The van der Waals surface area contributed by atoms with Crippen LogP contribution in [0.3, 0.4) is 0 Å². The molecule has 8 heteroatoms. The molecule has 1 fully saturated rings. The Kier molecular flexibility index (Phi) is 6.27. The number of carbonyl (C=O) groups is 1. The monoisotopic (exact) mass is 360 g/mol. The van der Waals surface area contributed by atoms with E-state index in [1.54, 1.807) is 18.0 Å². The number of nitrogens with zero attached hydrogens (tertiary/aromatic N) is 5. The lowest BCUT2D eigenvalue weighted by atomic mass is 10.1. The molecule has 3 heterocycles. The molecular weight excluding hydrogens is 336 g/mol. The smallest absolute Gasteiger partial charge is 0.317 e. The van der Waals surface area contributed by atoms with Crippen LogP contribution in [-0.2, 0) is 19.2 Å². The van der Waals surface area contributed by atoms with Gasteiger partial charge < -0.3 is 14.8 Å². The van der Waals surface area contributed by atoms with E-state index in [-0.39, 0.29) is 6.03 Å². The van der Waals surface area contributed by atoms with Crippen molar-refractivity contribution < 1.29 is 4.79 Å². The van der Waals surface area contributed by atoms with E-state index in [0.29, 0.717) is 13.0 Å². The van der Waals surface area contributed by atoms with Gasteiger partial charge in [0.2, 0.25) is 0 Å². The van der Waals surface area contributed by atoms with E-state index < -0.39 is 0 Å². The van der Waals surface area contributed by atoms with Gasteiger partial charge in [0.1, 0.15) is 5.82 Å². The molecule has 2 amide bonds. The zero-order valence-corrected chi connectivity index (χ0v) is 15.3. The highest BCUT2D eigenvalue weighted by molar-refractivity contribution is 7.98. The molecule has 0 radical (unpaired) electrons. The lowest BCUT2D eigenvalue weighted by Gasteiger charge is -2.26. The van der Waals surface area contributed by atoms with Gasteiger partial charge in [-0.05, 0) is 30.9 Å². The second-order valence-electron chi connectivity index (χ2n) is 6.14. The van der Waals surface area contributed by atoms with Crippen LogP contribution >= 0.6 is 11.8 Å². The van der Waals surface area contributed by atoms with Crippen LogP contribution in [0.5, 0.6) is 0 Å². The number of rotatable bonds is 6. The van der Waals surface area contributed by atoms with E-state index in [2.05, 4.69) is 20.5 Å². The Morgan fingerprint density at radius 2 is 2.12 bits per heavy atom. The highest BCUT2D eigenvalue weighted by Gasteiger charge is 2.16. The first kappa shape index (κ1) is 17.7. The van der Waals surface area contributed by atoms with Crippen molar-refractivity contribution in [3.05, 3.63) is 35.9 Å². The van der Waals surface area contributed by atoms with Crippen molar-refractivity contribution in [2.45, 2.75) is 36.6 Å². The third kappa shape index (κ3) is 4.94. The zero-order chi connectivity index (χ0) is 17.5. The minimum Gasteiger partial charge on any atom is -0.338 e. The minimum absolute atomic E-state index is 0.0352. The summed E-state index contributed by atoms with van der Waals surface area (Å²) < 4.78 is 1.99. The Morgan fingerprint density at radius 3 is 2.88 bits per heavy atom. The van der Waals surface area contributed by atoms with Gasteiger partial charge in [0.15, 0.2) is 5.16 Å². The summed E-state index contributed by atoms with van der Waals surface area (Å²) in [6.45, 7) is 2.31. The number of piperidine rings is 1. The molecule has 1 N–H and O–H groups in total. The Labute approximate surface area is 152 Å². The molecule has 1 saturated heterocycles. The lowest BCUT2D eigenvalue weighted by Crippen LogP contribution is -2.43. The van der Waals surface area contributed by atoms with E-state index in [4.69, 9.17) is 0 Å². The first-order valence-corrected chi connectivity index (χ1v) is 9.65. The molecule has 3 rings (SSSR count). The molecule has 7 nitrogen and oxygen atoms in total.